The van der Waals surface area contributed by atoms with E-state index in [1.807, 2.05) is 54.6 Å². The lowest BCUT2D eigenvalue weighted by atomic mass is 10.0. The van der Waals surface area contributed by atoms with Gasteiger partial charge in [-0.25, -0.2) is 9.97 Å². The summed E-state index contributed by atoms with van der Waals surface area (Å²) in [7, 11) is 0. The molecule has 0 aliphatic carbocycles. The minimum Gasteiger partial charge on any atom is -0.392 e. The summed E-state index contributed by atoms with van der Waals surface area (Å²) in [6, 6.07) is 18.9. The number of fused-ring (bicyclic) bond motifs is 1. The fourth-order valence-electron chi connectivity index (χ4n) is 5.03. The van der Waals surface area contributed by atoms with E-state index in [4.69, 9.17) is 10.7 Å². The van der Waals surface area contributed by atoms with E-state index in [1.165, 1.54) is 6.08 Å². The molecule has 1 aromatic heterocycles. The molecule has 10 nitrogen and oxygen atoms in total. The van der Waals surface area contributed by atoms with Gasteiger partial charge in [-0.15, -0.1) is 0 Å². The van der Waals surface area contributed by atoms with Gasteiger partial charge in [-0.05, 0) is 48.9 Å². The number of para-hydroxylation sites is 1. The maximum absolute atomic E-state index is 12.5. The van der Waals surface area contributed by atoms with Gasteiger partial charge >= 0.3 is 0 Å². The van der Waals surface area contributed by atoms with Gasteiger partial charge in [0.1, 0.15) is 0 Å². The van der Waals surface area contributed by atoms with E-state index < -0.39 is 5.91 Å². The van der Waals surface area contributed by atoms with Crippen LogP contribution in [0.3, 0.4) is 0 Å². The largest absolute Gasteiger partial charge is 0.392 e. The van der Waals surface area contributed by atoms with E-state index in [2.05, 4.69) is 32.0 Å². The fourth-order valence-corrected chi connectivity index (χ4v) is 5.03. The molecule has 41 heavy (non-hydrogen) atoms. The van der Waals surface area contributed by atoms with E-state index >= 15 is 0 Å². The fraction of sp³-hybridized carbons (Fsp3) is 0.226. The number of hydrogen-bond donors (Lipinski definition) is 4. The van der Waals surface area contributed by atoms with E-state index in [9.17, 15) is 14.7 Å². The van der Waals surface area contributed by atoms with Gasteiger partial charge in [0.05, 0.1) is 22.9 Å². The van der Waals surface area contributed by atoms with Crippen molar-refractivity contribution in [3.63, 3.8) is 0 Å². The second-order valence-electron chi connectivity index (χ2n) is 10.1. The van der Waals surface area contributed by atoms with E-state index in [0.717, 1.165) is 48.4 Å². The van der Waals surface area contributed by atoms with Gasteiger partial charge in [0.2, 0.25) is 11.9 Å². The summed E-state index contributed by atoms with van der Waals surface area (Å²) in [6.07, 6.45) is 2.59. The molecule has 0 saturated carbocycles. The van der Waals surface area contributed by atoms with Gasteiger partial charge in [0, 0.05) is 61.2 Å². The van der Waals surface area contributed by atoms with Crippen molar-refractivity contribution in [3.8, 4) is 11.1 Å². The minimum atomic E-state index is -0.554. The van der Waals surface area contributed by atoms with Crippen LogP contribution in [0.5, 0.6) is 0 Å². The first-order valence-electron chi connectivity index (χ1n) is 13.5. The lowest BCUT2D eigenvalue weighted by molar-refractivity contribution is -0.111. The molecule has 2 amide bonds. The average Bonchev–Trinajstić information content (AvgIpc) is 2.97. The lowest BCUT2D eigenvalue weighted by Gasteiger charge is -2.36. The number of β-amino-alcohol motifs (C(OH)–C–C–N with tert-alkyl or cyclic N) is 1. The number of hydrogen-bond acceptors (Lipinski definition) is 8. The molecule has 1 aliphatic heterocycles. The lowest BCUT2D eigenvalue weighted by Crippen LogP contribution is -2.48. The van der Waals surface area contributed by atoms with E-state index in [1.54, 1.807) is 19.2 Å². The molecule has 0 radical (unpaired) electrons. The number of rotatable bonds is 9. The van der Waals surface area contributed by atoms with Crippen molar-refractivity contribution in [2.24, 2.45) is 5.73 Å². The molecule has 210 valence electrons. The zero-order chi connectivity index (χ0) is 28.9. The number of aliphatic hydroxyl groups is 1. The van der Waals surface area contributed by atoms with Crippen LogP contribution in [0.1, 0.15) is 17.3 Å². The van der Waals surface area contributed by atoms with Gasteiger partial charge < -0.3 is 26.4 Å². The molecular formula is C31H33N7O3. The number of aliphatic hydroxyl groups excluding tert-OH is 1. The van der Waals surface area contributed by atoms with Crippen LogP contribution >= 0.6 is 0 Å². The Morgan fingerprint density at radius 3 is 2.61 bits per heavy atom. The van der Waals surface area contributed by atoms with Crippen molar-refractivity contribution in [2.75, 3.05) is 48.3 Å². The van der Waals surface area contributed by atoms with Gasteiger partial charge in [-0.3, -0.25) is 14.5 Å². The summed E-state index contributed by atoms with van der Waals surface area (Å²) < 4.78 is 0. The predicted octanol–water partition coefficient (Wildman–Crippen LogP) is 3.77. The van der Waals surface area contributed by atoms with Crippen molar-refractivity contribution in [2.45, 2.75) is 13.0 Å². The predicted molar refractivity (Wildman–Crippen MR) is 162 cm³/mol. The third-order valence-corrected chi connectivity index (χ3v) is 7.01. The molecule has 0 spiro atoms. The van der Waals surface area contributed by atoms with Gasteiger partial charge in [0.15, 0.2) is 0 Å². The standard InChI is InChI=1S/C31H33N7O3/c1-3-28(40)34-23-8-4-6-21(16-23)25-9-5-7-22-18-33-31(36-29(22)25)35-27-11-10-24(17-26(27)30(32)41)38-14-12-37(13-15-38)19-20(2)39/h3-11,16-18,20,39H,1,12-15,19H2,2H3,(H2,32,41)(H,34,40)(H,33,35,36). The summed E-state index contributed by atoms with van der Waals surface area (Å²) in [5, 5.41) is 16.5. The normalized spacial score (nSPS) is 14.4. The first-order chi connectivity index (χ1) is 19.8. The Balaban J connectivity index is 1.41. The van der Waals surface area contributed by atoms with Crippen LogP contribution in [0.4, 0.5) is 23.0 Å². The van der Waals surface area contributed by atoms with Crippen LogP contribution < -0.4 is 21.3 Å². The number of carbonyl (C=O) groups is 2. The van der Waals surface area contributed by atoms with Crippen molar-refractivity contribution in [1.29, 1.82) is 0 Å². The van der Waals surface area contributed by atoms with E-state index in [-0.39, 0.29) is 12.0 Å². The number of amides is 2. The third kappa shape index (κ3) is 6.51. The molecule has 1 saturated heterocycles. The van der Waals surface area contributed by atoms with Crippen LogP contribution in [0.25, 0.3) is 22.0 Å². The number of anilines is 4. The molecule has 3 aromatic carbocycles. The summed E-state index contributed by atoms with van der Waals surface area (Å²) >= 11 is 0. The summed E-state index contributed by atoms with van der Waals surface area (Å²) in [5.41, 5.74) is 10.6. The number of nitrogens with one attached hydrogen (secondary N) is 2. The van der Waals surface area contributed by atoms with Gasteiger partial charge in [0.25, 0.3) is 5.91 Å². The first-order valence-corrected chi connectivity index (χ1v) is 13.5. The Morgan fingerprint density at radius 1 is 1.10 bits per heavy atom. The van der Waals surface area contributed by atoms with Crippen molar-refractivity contribution in [3.05, 3.63) is 85.1 Å². The van der Waals surface area contributed by atoms with Crippen molar-refractivity contribution < 1.29 is 14.7 Å². The zero-order valence-electron chi connectivity index (χ0n) is 22.9. The highest BCUT2D eigenvalue weighted by Gasteiger charge is 2.20. The van der Waals surface area contributed by atoms with Gasteiger partial charge in [-0.1, -0.05) is 36.9 Å². The number of benzene rings is 3. The number of piperazine rings is 1. The molecular weight excluding hydrogens is 518 g/mol. The summed E-state index contributed by atoms with van der Waals surface area (Å²) in [5.74, 6) is -0.520. The average molecular weight is 552 g/mol. The van der Waals surface area contributed by atoms with E-state index in [0.29, 0.717) is 34.9 Å². The SMILES string of the molecule is C=CC(=O)Nc1cccc(-c2cccc3cnc(Nc4ccc(N5CCN(CC(C)O)CC5)cc4C(N)=O)nc23)c1. The Kier molecular flexibility index (Phi) is 8.23. The number of aromatic nitrogens is 2. The maximum Gasteiger partial charge on any atom is 0.250 e. The summed E-state index contributed by atoms with van der Waals surface area (Å²) in [6.45, 7) is 9.16. The number of nitrogens with two attached hydrogens (primary N) is 1. The monoisotopic (exact) mass is 551 g/mol. The van der Waals surface area contributed by atoms with Crippen LogP contribution in [-0.4, -0.2) is 70.6 Å². The maximum atomic E-state index is 12.5. The Bertz CT molecular complexity index is 1600. The van der Waals surface area contributed by atoms with Crippen molar-refractivity contribution >= 4 is 45.7 Å². The molecule has 2 heterocycles. The number of carbonyl (C=O) groups excluding carboxylic acids is 2. The second-order valence-corrected chi connectivity index (χ2v) is 10.1. The quantitative estimate of drug-likeness (QED) is 0.231. The highest BCUT2D eigenvalue weighted by atomic mass is 16.3. The smallest absolute Gasteiger partial charge is 0.250 e. The summed E-state index contributed by atoms with van der Waals surface area (Å²) in [4.78, 5) is 37.9. The topological polar surface area (TPSA) is 137 Å². The Hall–Kier alpha value is -4.80. The third-order valence-electron chi connectivity index (χ3n) is 7.01. The first kappa shape index (κ1) is 27.8. The number of primary amides is 1. The Morgan fingerprint density at radius 2 is 1.88 bits per heavy atom. The highest BCUT2D eigenvalue weighted by Crippen LogP contribution is 2.31. The molecule has 1 fully saturated rings. The molecule has 10 heteroatoms. The van der Waals surface area contributed by atoms with Crippen molar-refractivity contribution in [1.82, 2.24) is 14.9 Å². The molecule has 5 N–H and O–H groups in total. The Labute approximate surface area is 238 Å². The molecule has 1 aliphatic rings. The zero-order valence-corrected chi connectivity index (χ0v) is 22.9. The highest BCUT2D eigenvalue weighted by molar-refractivity contribution is 6.01. The molecule has 1 atom stereocenters. The molecule has 1 unspecified atom stereocenters. The van der Waals surface area contributed by atoms with Crippen LogP contribution in [0, 0.1) is 0 Å². The number of nitrogens with zero attached hydrogens (tertiary/aromatic N) is 4. The second kappa shape index (κ2) is 12.2. The van der Waals surface area contributed by atoms with Crippen LogP contribution in [0.15, 0.2) is 79.5 Å². The molecule has 0 bridgehead atoms. The molecule has 5 rings (SSSR count). The van der Waals surface area contributed by atoms with Crippen LogP contribution in [0.2, 0.25) is 0 Å². The molecule has 4 aromatic rings. The van der Waals surface area contributed by atoms with Crippen LogP contribution in [-0.2, 0) is 4.79 Å². The minimum absolute atomic E-state index is 0.288. The van der Waals surface area contributed by atoms with Gasteiger partial charge in [-0.2, -0.15) is 0 Å².